The number of nitrogens with zero attached hydrogens (tertiary/aromatic N) is 2. The number of rotatable bonds is 3. The average molecular weight is 347 g/mol. The molecule has 0 fully saturated rings. The maximum absolute atomic E-state index is 12.9. The van der Waals surface area contributed by atoms with E-state index in [0.29, 0.717) is 5.56 Å². The van der Waals surface area contributed by atoms with Crippen molar-refractivity contribution in [2.24, 2.45) is 0 Å². The molecule has 5 nitrogen and oxygen atoms in total. The maximum atomic E-state index is 12.9. The molecule has 0 saturated carbocycles. The lowest BCUT2D eigenvalue weighted by atomic mass is 9.91. The second-order valence-corrected chi connectivity index (χ2v) is 6.85. The molecule has 2 heterocycles. The number of hydrogen-bond donors (Lipinski definition) is 1. The Bertz CT molecular complexity index is 1020. The lowest BCUT2D eigenvalue weighted by molar-refractivity contribution is -0.131. The summed E-state index contributed by atoms with van der Waals surface area (Å²) in [5.74, 6) is -0.0608. The first-order valence-electron chi connectivity index (χ1n) is 8.94. The summed E-state index contributed by atoms with van der Waals surface area (Å²) < 4.78 is 0. The monoisotopic (exact) mass is 347 g/mol. The summed E-state index contributed by atoms with van der Waals surface area (Å²) in [5, 5.41) is 0.933. The minimum atomic E-state index is -0.201. The van der Waals surface area contributed by atoms with Gasteiger partial charge in [-0.15, -0.1) is 0 Å². The van der Waals surface area contributed by atoms with Crippen LogP contribution in [0.2, 0.25) is 0 Å². The molecule has 1 amide bonds. The molecule has 132 valence electrons. The van der Waals surface area contributed by atoms with Crippen molar-refractivity contribution < 1.29 is 4.79 Å². The Balaban J connectivity index is 1.59. The van der Waals surface area contributed by atoms with Crippen molar-refractivity contribution >= 4 is 16.8 Å². The summed E-state index contributed by atoms with van der Waals surface area (Å²) in [4.78, 5) is 34.3. The van der Waals surface area contributed by atoms with Crippen LogP contribution >= 0.6 is 0 Å². The van der Waals surface area contributed by atoms with E-state index in [-0.39, 0.29) is 23.9 Å². The zero-order chi connectivity index (χ0) is 18.1. The van der Waals surface area contributed by atoms with Crippen LogP contribution in [0.4, 0.5) is 0 Å². The van der Waals surface area contributed by atoms with Gasteiger partial charge in [-0.3, -0.25) is 14.6 Å². The highest BCUT2D eigenvalue weighted by molar-refractivity contribution is 5.82. The number of benzene rings is 1. The molecule has 0 unspecified atom stereocenters. The van der Waals surface area contributed by atoms with Gasteiger partial charge in [0, 0.05) is 24.3 Å². The number of amides is 1. The highest BCUT2D eigenvalue weighted by atomic mass is 16.2. The molecule has 1 aromatic carbocycles. The van der Waals surface area contributed by atoms with Gasteiger partial charge in [0.25, 0.3) is 5.56 Å². The van der Waals surface area contributed by atoms with Crippen LogP contribution in [0.15, 0.2) is 53.5 Å². The first-order valence-corrected chi connectivity index (χ1v) is 8.94. The molecule has 0 bridgehead atoms. The zero-order valence-electron chi connectivity index (χ0n) is 14.7. The number of carbonyl (C=O) groups is 1. The van der Waals surface area contributed by atoms with Crippen LogP contribution in [0.3, 0.4) is 0 Å². The molecule has 1 aliphatic rings. The summed E-state index contributed by atoms with van der Waals surface area (Å²) >= 11 is 0. The number of H-pyrrole nitrogens is 1. The van der Waals surface area contributed by atoms with Gasteiger partial charge in [-0.2, -0.15) is 0 Å². The van der Waals surface area contributed by atoms with Crippen molar-refractivity contribution in [1.82, 2.24) is 14.9 Å². The average Bonchev–Trinajstić information content (AvgIpc) is 2.67. The third-order valence-corrected chi connectivity index (χ3v) is 5.20. The zero-order valence-corrected chi connectivity index (χ0v) is 14.7. The van der Waals surface area contributed by atoms with E-state index in [1.54, 1.807) is 11.1 Å². The van der Waals surface area contributed by atoms with Crippen molar-refractivity contribution in [2.45, 2.75) is 31.7 Å². The van der Waals surface area contributed by atoms with Crippen LogP contribution in [0.1, 0.15) is 35.7 Å². The molecule has 26 heavy (non-hydrogen) atoms. The van der Waals surface area contributed by atoms with Gasteiger partial charge in [0.1, 0.15) is 0 Å². The first-order chi connectivity index (χ1) is 12.6. The fraction of sp³-hybridized carbons (Fsp3) is 0.286. The Hall–Kier alpha value is -2.95. The summed E-state index contributed by atoms with van der Waals surface area (Å²) in [5.41, 5.74) is 3.28. The van der Waals surface area contributed by atoms with Crippen LogP contribution in [0.5, 0.6) is 0 Å². The number of nitrogens with one attached hydrogen (secondary N) is 1. The van der Waals surface area contributed by atoms with Gasteiger partial charge in [0.2, 0.25) is 5.91 Å². The van der Waals surface area contributed by atoms with E-state index in [9.17, 15) is 9.59 Å². The number of likely N-dealkylation sites (N-methyl/N-ethyl adjacent to an activating group) is 1. The standard InChI is InChI=1S/C21H21N3O2/c1-24(18-10-4-7-14-8-5-11-22-20(14)18)19(25)13-16-12-15-6-2-3-9-17(15)23-21(16)26/h2-3,5-6,8-9,11-12,18H,4,7,10,13H2,1H3,(H,23,26)/t18-/m1/s1. The highest BCUT2D eigenvalue weighted by Gasteiger charge is 2.28. The van der Waals surface area contributed by atoms with Crippen LogP contribution in [-0.2, 0) is 17.6 Å². The highest BCUT2D eigenvalue weighted by Crippen LogP contribution is 2.32. The predicted octanol–water partition coefficient (Wildman–Crippen LogP) is 3.00. The number of pyridine rings is 2. The van der Waals surface area contributed by atoms with Gasteiger partial charge in [-0.05, 0) is 48.4 Å². The Kier molecular flexibility index (Phi) is 4.29. The second-order valence-electron chi connectivity index (χ2n) is 6.85. The molecule has 1 N–H and O–H groups in total. The number of aromatic nitrogens is 2. The Labute approximate surface area is 151 Å². The van der Waals surface area contributed by atoms with E-state index in [1.165, 1.54) is 5.56 Å². The first kappa shape index (κ1) is 16.5. The van der Waals surface area contributed by atoms with Gasteiger partial charge in [-0.1, -0.05) is 24.3 Å². The lowest BCUT2D eigenvalue weighted by Crippen LogP contribution is -2.35. The van der Waals surface area contributed by atoms with E-state index in [4.69, 9.17) is 0 Å². The van der Waals surface area contributed by atoms with Gasteiger partial charge >= 0.3 is 0 Å². The SMILES string of the molecule is CN(C(=O)Cc1cc2ccccc2[nH]c1=O)[C@@H]1CCCc2cccnc21. The predicted molar refractivity (Wildman–Crippen MR) is 101 cm³/mol. The van der Waals surface area contributed by atoms with Crippen molar-refractivity contribution in [3.63, 3.8) is 0 Å². The number of para-hydroxylation sites is 1. The van der Waals surface area contributed by atoms with E-state index in [2.05, 4.69) is 16.0 Å². The van der Waals surface area contributed by atoms with Crippen molar-refractivity contribution in [1.29, 1.82) is 0 Å². The van der Waals surface area contributed by atoms with E-state index >= 15 is 0 Å². The molecule has 0 radical (unpaired) electrons. The largest absolute Gasteiger partial charge is 0.337 e. The smallest absolute Gasteiger partial charge is 0.252 e. The molecule has 1 atom stereocenters. The molecule has 4 rings (SSSR count). The molecule has 1 aliphatic carbocycles. The molecular weight excluding hydrogens is 326 g/mol. The van der Waals surface area contributed by atoms with Crippen LogP contribution < -0.4 is 5.56 Å². The van der Waals surface area contributed by atoms with Gasteiger partial charge < -0.3 is 9.88 Å². The van der Waals surface area contributed by atoms with Crippen molar-refractivity contribution in [3.05, 3.63) is 75.8 Å². The van der Waals surface area contributed by atoms with Crippen LogP contribution in [-0.4, -0.2) is 27.8 Å². The van der Waals surface area contributed by atoms with Gasteiger partial charge in [-0.25, -0.2) is 0 Å². The molecule has 2 aromatic heterocycles. The normalized spacial score (nSPS) is 16.3. The van der Waals surface area contributed by atoms with E-state index < -0.39 is 0 Å². The molecule has 5 heteroatoms. The van der Waals surface area contributed by atoms with Crippen LogP contribution in [0, 0.1) is 0 Å². The second kappa shape index (κ2) is 6.75. The molecule has 0 spiro atoms. The number of aryl methyl sites for hydroxylation is 1. The number of hydrogen-bond acceptors (Lipinski definition) is 3. The summed E-state index contributed by atoms with van der Waals surface area (Å²) in [6.07, 6.45) is 4.82. The topological polar surface area (TPSA) is 66.1 Å². The summed E-state index contributed by atoms with van der Waals surface area (Å²) in [6, 6.07) is 13.4. The van der Waals surface area contributed by atoms with Crippen molar-refractivity contribution in [3.8, 4) is 0 Å². The Morgan fingerprint density at radius 1 is 1.27 bits per heavy atom. The van der Waals surface area contributed by atoms with Gasteiger partial charge in [0.15, 0.2) is 0 Å². The van der Waals surface area contributed by atoms with Crippen molar-refractivity contribution in [2.75, 3.05) is 7.05 Å². The molecule has 0 aliphatic heterocycles. The molecule has 3 aromatic rings. The summed E-state index contributed by atoms with van der Waals surface area (Å²) in [7, 11) is 1.81. The number of aromatic amines is 1. The molecule has 0 saturated heterocycles. The number of carbonyl (C=O) groups excluding carboxylic acids is 1. The lowest BCUT2D eigenvalue weighted by Gasteiger charge is -2.32. The van der Waals surface area contributed by atoms with Crippen LogP contribution in [0.25, 0.3) is 10.9 Å². The fourth-order valence-electron chi connectivity index (χ4n) is 3.75. The van der Waals surface area contributed by atoms with E-state index in [1.807, 2.05) is 43.4 Å². The van der Waals surface area contributed by atoms with Gasteiger partial charge in [0.05, 0.1) is 18.2 Å². The third kappa shape index (κ3) is 3.01. The number of fused-ring (bicyclic) bond motifs is 2. The Morgan fingerprint density at radius 3 is 3.00 bits per heavy atom. The molecular formula is C21H21N3O2. The maximum Gasteiger partial charge on any atom is 0.252 e. The van der Waals surface area contributed by atoms with E-state index in [0.717, 1.165) is 35.9 Å². The fourth-order valence-corrected chi connectivity index (χ4v) is 3.75. The quantitative estimate of drug-likeness (QED) is 0.792. The minimum absolute atomic E-state index is 0.0213. The Morgan fingerprint density at radius 2 is 2.12 bits per heavy atom. The summed E-state index contributed by atoms with van der Waals surface area (Å²) in [6.45, 7) is 0. The third-order valence-electron chi connectivity index (χ3n) is 5.20. The minimum Gasteiger partial charge on any atom is -0.337 e.